The number of ether oxygens (including phenoxy) is 1. The Labute approximate surface area is 73.5 Å². The van der Waals surface area contributed by atoms with Crippen LogP contribution < -0.4 is 0 Å². The second-order valence-electron chi connectivity index (χ2n) is 4.21. The number of hydrogen-bond donors (Lipinski definition) is 1. The van der Waals surface area contributed by atoms with Crippen molar-refractivity contribution in [3.63, 3.8) is 0 Å². The van der Waals surface area contributed by atoms with Crippen LogP contribution in [0.4, 0.5) is 0 Å². The van der Waals surface area contributed by atoms with Crippen LogP contribution in [0.3, 0.4) is 0 Å². The largest absolute Gasteiger partial charge is 0.484 e. The molecule has 2 heteroatoms. The zero-order chi connectivity index (χ0) is 9.57. The Morgan fingerprint density at radius 3 is 2.17 bits per heavy atom. The van der Waals surface area contributed by atoms with E-state index in [2.05, 4.69) is 6.58 Å². The van der Waals surface area contributed by atoms with E-state index in [0.717, 1.165) is 5.57 Å². The summed E-state index contributed by atoms with van der Waals surface area (Å²) in [6.07, 6.45) is 1.81. The standard InChI is InChI=1S/C10H16O2/c1-7-6-8(9(2,3)11)12-10(7,4)5/h6,11H,1H2,2-5H3. The molecule has 0 bridgehead atoms. The van der Waals surface area contributed by atoms with Gasteiger partial charge in [-0.2, -0.15) is 0 Å². The van der Waals surface area contributed by atoms with E-state index in [0.29, 0.717) is 5.76 Å². The molecule has 1 heterocycles. The molecular formula is C10H16O2. The molecular weight excluding hydrogens is 152 g/mol. The first kappa shape index (κ1) is 9.33. The van der Waals surface area contributed by atoms with Gasteiger partial charge in [0.1, 0.15) is 17.0 Å². The van der Waals surface area contributed by atoms with Crippen molar-refractivity contribution in [2.75, 3.05) is 0 Å². The third kappa shape index (κ3) is 1.53. The van der Waals surface area contributed by atoms with Gasteiger partial charge in [-0.15, -0.1) is 0 Å². The van der Waals surface area contributed by atoms with Gasteiger partial charge in [0, 0.05) is 0 Å². The molecule has 0 saturated heterocycles. The topological polar surface area (TPSA) is 29.5 Å². The molecule has 0 saturated carbocycles. The lowest BCUT2D eigenvalue weighted by molar-refractivity contribution is -0.00117. The smallest absolute Gasteiger partial charge is 0.129 e. The maximum absolute atomic E-state index is 9.63. The van der Waals surface area contributed by atoms with Crippen LogP contribution >= 0.6 is 0 Å². The SMILES string of the molecule is C=C1C=C(C(C)(C)O)OC1(C)C. The predicted molar refractivity (Wildman–Crippen MR) is 48.7 cm³/mol. The van der Waals surface area contributed by atoms with Gasteiger partial charge in [0.05, 0.1) is 0 Å². The van der Waals surface area contributed by atoms with Crippen molar-refractivity contribution in [2.24, 2.45) is 0 Å². The maximum atomic E-state index is 9.63. The lowest BCUT2D eigenvalue weighted by atomic mass is 10.0. The predicted octanol–water partition coefficient (Wildman–Crippen LogP) is 2.01. The monoisotopic (exact) mass is 168 g/mol. The molecule has 0 spiro atoms. The molecule has 1 N–H and O–H groups in total. The average Bonchev–Trinajstić information content (AvgIpc) is 2.06. The summed E-state index contributed by atoms with van der Waals surface area (Å²) >= 11 is 0. The minimum Gasteiger partial charge on any atom is -0.484 e. The van der Waals surface area contributed by atoms with Crippen molar-refractivity contribution in [3.8, 4) is 0 Å². The first-order chi connectivity index (χ1) is 5.23. The Bertz CT molecular complexity index is 241. The summed E-state index contributed by atoms with van der Waals surface area (Å²) in [4.78, 5) is 0. The number of hydrogen-bond acceptors (Lipinski definition) is 2. The lowest BCUT2D eigenvalue weighted by Gasteiger charge is -2.25. The van der Waals surface area contributed by atoms with Crippen molar-refractivity contribution in [1.82, 2.24) is 0 Å². The van der Waals surface area contributed by atoms with Crippen LogP contribution in [0.15, 0.2) is 24.0 Å². The van der Waals surface area contributed by atoms with Crippen LogP contribution in [0.25, 0.3) is 0 Å². The minimum absolute atomic E-state index is 0.366. The van der Waals surface area contributed by atoms with Gasteiger partial charge in [0.2, 0.25) is 0 Å². The van der Waals surface area contributed by atoms with Gasteiger partial charge in [-0.05, 0) is 39.3 Å². The molecule has 0 fully saturated rings. The van der Waals surface area contributed by atoms with E-state index < -0.39 is 5.60 Å². The van der Waals surface area contributed by atoms with Crippen molar-refractivity contribution in [3.05, 3.63) is 24.0 Å². The fourth-order valence-electron chi connectivity index (χ4n) is 1.00. The Morgan fingerprint density at radius 1 is 1.50 bits per heavy atom. The Balaban J connectivity index is 2.90. The number of aliphatic hydroxyl groups is 1. The molecule has 0 unspecified atom stereocenters. The summed E-state index contributed by atoms with van der Waals surface area (Å²) < 4.78 is 5.54. The molecule has 0 amide bonds. The summed E-state index contributed by atoms with van der Waals surface area (Å²) in [5.41, 5.74) is -0.369. The van der Waals surface area contributed by atoms with Crippen LogP contribution in [0.2, 0.25) is 0 Å². The van der Waals surface area contributed by atoms with E-state index in [1.54, 1.807) is 19.9 Å². The third-order valence-corrected chi connectivity index (χ3v) is 2.05. The average molecular weight is 168 g/mol. The molecule has 1 aliphatic heterocycles. The first-order valence-corrected chi connectivity index (χ1v) is 4.06. The van der Waals surface area contributed by atoms with E-state index in [9.17, 15) is 5.11 Å². The van der Waals surface area contributed by atoms with Gasteiger partial charge in [-0.3, -0.25) is 0 Å². The van der Waals surface area contributed by atoms with Gasteiger partial charge in [-0.25, -0.2) is 0 Å². The van der Waals surface area contributed by atoms with Gasteiger partial charge in [0.25, 0.3) is 0 Å². The van der Waals surface area contributed by atoms with E-state index in [4.69, 9.17) is 4.74 Å². The maximum Gasteiger partial charge on any atom is 0.129 e. The highest BCUT2D eigenvalue weighted by Gasteiger charge is 2.35. The van der Waals surface area contributed by atoms with Crippen molar-refractivity contribution in [2.45, 2.75) is 38.9 Å². The fourth-order valence-corrected chi connectivity index (χ4v) is 1.00. The molecule has 1 rings (SSSR count). The minimum atomic E-state index is -0.906. The molecule has 68 valence electrons. The first-order valence-electron chi connectivity index (χ1n) is 4.06. The van der Waals surface area contributed by atoms with Crippen LogP contribution in [0.5, 0.6) is 0 Å². The zero-order valence-electron chi connectivity index (χ0n) is 8.14. The van der Waals surface area contributed by atoms with Crippen molar-refractivity contribution < 1.29 is 9.84 Å². The molecule has 0 radical (unpaired) electrons. The summed E-state index contributed by atoms with van der Waals surface area (Å²) in [5, 5.41) is 9.63. The molecule has 0 aromatic carbocycles. The van der Waals surface area contributed by atoms with Crippen LogP contribution in [0.1, 0.15) is 27.7 Å². The quantitative estimate of drug-likeness (QED) is 0.649. The van der Waals surface area contributed by atoms with Crippen LogP contribution in [-0.2, 0) is 4.74 Å². The van der Waals surface area contributed by atoms with E-state index in [-0.39, 0.29) is 5.60 Å². The van der Waals surface area contributed by atoms with E-state index >= 15 is 0 Å². The summed E-state index contributed by atoms with van der Waals surface area (Å²) in [5.74, 6) is 0.595. The highest BCUT2D eigenvalue weighted by atomic mass is 16.5. The molecule has 0 aromatic rings. The Morgan fingerprint density at radius 2 is 2.00 bits per heavy atom. The molecule has 2 nitrogen and oxygen atoms in total. The molecule has 12 heavy (non-hydrogen) atoms. The summed E-state index contributed by atoms with van der Waals surface area (Å²) in [6, 6.07) is 0. The second-order valence-corrected chi connectivity index (χ2v) is 4.21. The zero-order valence-corrected chi connectivity index (χ0v) is 8.14. The number of rotatable bonds is 1. The molecule has 1 aliphatic rings. The van der Waals surface area contributed by atoms with Crippen molar-refractivity contribution in [1.29, 1.82) is 0 Å². The Kier molecular flexibility index (Phi) is 1.84. The highest BCUT2D eigenvalue weighted by Crippen LogP contribution is 2.35. The molecule has 0 atom stereocenters. The second kappa shape index (κ2) is 2.36. The van der Waals surface area contributed by atoms with Crippen molar-refractivity contribution >= 4 is 0 Å². The third-order valence-electron chi connectivity index (χ3n) is 2.05. The fraction of sp³-hybridized carbons (Fsp3) is 0.600. The normalized spacial score (nSPS) is 22.1. The van der Waals surface area contributed by atoms with Gasteiger partial charge in [0.15, 0.2) is 0 Å². The molecule has 0 aliphatic carbocycles. The lowest BCUT2D eigenvalue weighted by Crippen LogP contribution is -2.27. The summed E-state index contributed by atoms with van der Waals surface area (Å²) in [6.45, 7) is 11.1. The molecule has 0 aromatic heterocycles. The van der Waals surface area contributed by atoms with Gasteiger partial charge in [-0.1, -0.05) is 6.58 Å². The van der Waals surface area contributed by atoms with Crippen LogP contribution in [0, 0.1) is 0 Å². The van der Waals surface area contributed by atoms with E-state index in [1.165, 1.54) is 0 Å². The van der Waals surface area contributed by atoms with Crippen LogP contribution in [-0.4, -0.2) is 16.3 Å². The Hall–Kier alpha value is -0.760. The van der Waals surface area contributed by atoms with Gasteiger partial charge < -0.3 is 9.84 Å². The highest BCUT2D eigenvalue weighted by molar-refractivity contribution is 5.34. The van der Waals surface area contributed by atoms with E-state index in [1.807, 2.05) is 13.8 Å². The van der Waals surface area contributed by atoms with Gasteiger partial charge >= 0.3 is 0 Å². The summed E-state index contributed by atoms with van der Waals surface area (Å²) in [7, 11) is 0.